The molecule has 12 nitrogen and oxygen atoms in total. The zero-order valence-electron chi connectivity index (χ0n) is 30.9. The third kappa shape index (κ3) is 7.35. The van der Waals surface area contributed by atoms with Crippen molar-refractivity contribution in [3.05, 3.63) is 64.7 Å². The fraction of sp³-hybridized carbons (Fsp3) is 0.571. The number of aromatic nitrogens is 4. The van der Waals surface area contributed by atoms with Gasteiger partial charge in [-0.25, -0.2) is 14.1 Å². The lowest BCUT2D eigenvalue weighted by molar-refractivity contribution is -0.141. The van der Waals surface area contributed by atoms with E-state index in [4.69, 9.17) is 9.31 Å². The minimum Gasteiger partial charge on any atom is -0.399 e. The standard InChI is InChI=1S/C35H42BF6N7O5/c1-32(2,15-26-44-25(35(40,41)42)18-48(26)23-11-12-46(7)29(23)51)45-28(50)24(14-19-16-43-49(17-19)31(38)39)47-13-10-20-21(8-9-22(37)27(20)30(47)52)36-53-33(3,4)34(5,6)54-36/h8-9,16-18,23-24,31H,10-15H2,1-7H3,(H,45,50)/t23?,24-/m1/s1. The zero-order valence-corrected chi connectivity index (χ0v) is 30.9. The van der Waals surface area contributed by atoms with Gasteiger partial charge in [0.15, 0.2) is 5.69 Å². The van der Waals surface area contributed by atoms with Gasteiger partial charge in [-0.3, -0.25) is 14.4 Å². The van der Waals surface area contributed by atoms with Crippen LogP contribution in [-0.2, 0) is 44.3 Å². The molecule has 3 aromatic rings. The highest BCUT2D eigenvalue weighted by atomic mass is 19.4. The van der Waals surface area contributed by atoms with Crippen LogP contribution in [0.15, 0.2) is 30.7 Å². The van der Waals surface area contributed by atoms with Crippen LogP contribution >= 0.6 is 0 Å². The lowest BCUT2D eigenvalue weighted by atomic mass is 9.72. The summed E-state index contributed by atoms with van der Waals surface area (Å²) in [6.45, 7) is 7.76. The van der Waals surface area contributed by atoms with Crippen LogP contribution in [0.3, 0.4) is 0 Å². The number of imidazole rings is 1. The molecule has 1 N–H and O–H groups in total. The number of nitrogens with one attached hydrogen (secondary N) is 1. The Balaban J connectivity index is 1.31. The van der Waals surface area contributed by atoms with E-state index in [1.807, 2.05) is 27.7 Å². The molecule has 0 radical (unpaired) electrons. The second kappa shape index (κ2) is 13.7. The van der Waals surface area contributed by atoms with Crippen molar-refractivity contribution in [1.82, 2.24) is 34.4 Å². The van der Waals surface area contributed by atoms with Gasteiger partial charge < -0.3 is 29.0 Å². The molecule has 1 aromatic carbocycles. The smallest absolute Gasteiger partial charge is 0.399 e. The predicted molar refractivity (Wildman–Crippen MR) is 182 cm³/mol. The number of nitrogens with zero attached hydrogens (tertiary/aromatic N) is 6. The van der Waals surface area contributed by atoms with Gasteiger partial charge in [0.25, 0.3) is 5.91 Å². The first-order valence-corrected chi connectivity index (χ1v) is 17.5. The molecule has 5 heterocycles. The molecule has 1 unspecified atom stereocenters. The molecule has 6 rings (SSSR count). The quantitative estimate of drug-likeness (QED) is 0.244. The second-order valence-electron chi connectivity index (χ2n) is 15.7. The first-order valence-electron chi connectivity index (χ1n) is 17.5. The lowest BCUT2D eigenvalue weighted by Crippen LogP contribution is -2.58. The van der Waals surface area contributed by atoms with Crippen molar-refractivity contribution < 1.29 is 50.0 Å². The minimum absolute atomic E-state index is 0.0834. The molecule has 0 saturated carbocycles. The number of carbonyl (C=O) groups is 3. The van der Waals surface area contributed by atoms with Gasteiger partial charge >= 0.3 is 19.8 Å². The summed E-state index contributed by atoms with van der Waals surface area (Å²) in [5, 5.41) is 6.44. The zero-order chi connectivity index (χ0) is 39.7. The molecule has 3 aliphatic heterocycles. The number of likely N-dealkylation sites (tertiary alicyclic amines) is 1. The number of fused-ring (bicyclic) bond motifs is 1. The first kappa shape index (κ1) is 39.3. The van der Waals surface area contributed by atoms with E-state index in [1.54, 1.807) is 7.05 Å². The van der Waals surface area contributed by atoms with E-state index >= 15 is 4.39 Å². The van der Waals surface area contributed by atoms with Crippen molar-refractivity contribution >= 4 is 30.3 Å². The molecule has 2 saturated heterocycles. The average Bonchev–Trinajstić information content (AvgIpc) is 3.82. The average molecular weight is 766 g/mol. The Kier molecular flexibility index (Phi) is 9.99. The maximum absolute atomic E-state index is 15.6. The van der Waals surface area contributed by atoms with E-state index in [0.29, 0.717) is 22.3 Å². The molecular formula is C35H42BF6N7O5. The largest absolute Gasteiger partial charge is 0.495 e. The summed E-state index contributed by atoms with van der Waals surface area (Å²) in [7, 11) is 0.637. The number of halogens is 6. The number of amides is 3. The Morgan fingerprint density at radius 1 is 1.07 bits per heavy atom. The number of hydrogen-bond acceptors (Lipinski definition) is 7. The van der Waals surface area contributed by atoms with Gasteiger partial charge in [0.2, 0.25) is 11.8 Å². The van der Waals surface area contributed by atoms with Crippen LogP contribution in [0.25, 0.3) is 0 Å². The molecule has 3 aliphatic rings. The van der Waals surface area contributed by atoms with Gasteiger partial charge in [-0.05, 0) is 77.0 Å². The lowest BCUT2D eigenvalue weighted by Gasteiger charge is -2.37. The van der Waals surface area contributed by atoms with Crippen LogP contribution in [-0.4, -0.2) is 96.9 Å². The molecule has 54 heavy (non-hydrogen) atoms. The van der Waals surface area contributed by atoms with Crippen LogP contribution in [0.2, 0.25) is 0 Å². The van der Waals surface area contributed by atoms with E-state index < -0.39 is 72.0 Å². The fourth-order valence-electron chi connectivity index (χ4n) is 7.15. The van der Waals surface area contributed by atoms with E-state index in [1.165, 1.54) is 29.4 Å². The third-order valence-corrected chi connectivity index (χ3v) is 10.7. The summed E-state index contributed by atoms with van der Waals surface area (Å²) < 4.78 is 98.0. The second-order valence-corrected chi connectivity index (χ2v) is 15.7. The van der Waals surface area contributed by atoms with Crippen molar-refractivity contribution in [2.24, 2.45) is 0 Å². The molecular weight excluding hydrogens is 723 g/mol. The molecule has 3 amide bonds. The van der Waals surface area contributed by atoms with Crippen molar-refractivity contribution in [2.75, 3.05) is 20.1 Å². The van der Waals surface area contributed by atoms with Crippen LogP contribution in [0.4, 0.5) is 26.3 Å². The number of rotatable bonds is 10. The molecule has 0 spiro atoms. The first-order chi connectivity index (χ1) is 25.0. The number of carbonyl (C=O) groups excluding carboxylic acids is 3. The molecule has 2 aromatic heterocycles. The Morgan fingerprint density at radius 2 is 1.74 bits per heavy atom. The van der Waals surface area contributed by atoms with Gasteiger partial charge in [-0.1, -0.05) is 6.07 Å². The van der Waals surface area contributed by atoms with Crippen molar-refractivity contribution in [3.63, 3.8) is 0 Å². The summed E-state index contributed by atoms with van der Waals surface area (Å²) in [6.07, 6.45) is -2.09. The van der Waals surface area contributed by atoms with Gasteiger partial charge in [-0.2, -0.15) is 27.1 Å². The summed E-state index contributed by atoms with van der Waals surface area (Å²) in [5.41, 5.74) is -3.29. The van der Waals surface area contributed by atoms with E-state index in [-0.39, 0.29) is 55.1 Å². The Labute approximate surface area is 308 Å². The Hall–Kier alpha value is -4.39. The van der Waals surface area contributed by atoms with Gasteiger partial charge in [0.05, 0.1) is 23.0 Å². The third-order valence-electron chi connectivity index (χ3n) is 10.7. The topological polar surface area (TPSA) is 124 Å². The molecule has 0 bridgehead atoms. The van der Waals surface area contributed by atoms with Gasteiger partial charge in [0, 0.05) is 50.9 Å². The normalized spacial score (nSPS) is 20.6. The fourth-order valence-corrected chi connectivity index (χ4v) is 7.15. The summed E-state index contributed by atoms with van der Waals surface area (Å²) in [5.74, 6) is -2.94. The molecule has 0 aliphatic carbocycles. The van der Waals surface area contributed by atoms with Gasteiger partial charge in [-0.15, -0.1) is 0 Å². The summed E-state index contributed by atoms with van der Waals surface area (Å²) >= 11 is 0. The molecule has 292 valence electrons. The van der Waals surface area contributed by atoms with E-state index in [9.17, 15) is 36.3 Å². The Bertz CT molecular complexity index is 1950. The van der Waals surface area contributed by atoms with Crippen LogP contribution in [0, 0.1) is 5.82 Å². The van der Waals surface area contributed by atoms with Crippen molar-refractivity contribution in [1.29, 1.82) is 0 Å². The molecule has 19 heteroatoms. The SMILES string of the molecule is CN1CCC(n2cc(C(F)(F)F)nc2CC(C)(C)NC(=O)[C@@H](Cc2cnn(C(F)F)c2)N2CCc3c(B4OC(C)(C)C(C)(C)O4)ccc(F)c3C2=O)C1=O. The number of hydrogen-bond donors (Lipinski definition) is 1. The maximum atomic E-state index is 15.6. The van der Waals surface area contributed by atoms with E-state index in [0.717, 1.165) is 29.6 Å². The summed E-state index contributed by atoms with van der Waals surface area (Å²) in [4.78, 5) is 47.7. The van der Waals surface area contributed by atoms with Gasteiger partial charge in [0.1, 0.15) is 23.7 Å². The molecule has 2 fully saturated rings. The van der Waals surface area contributed by atoms with Crippen molar-refractivity contribution in [2.45, 2.75) is 109 Å². The predicted octanol–water partition coefficient (Wildman–Crippen LogP) is 4.08. The number of likely N-dealkylation sites (N-methyl/N-ethyl adjacent to an activating group) is 1. The van der Waals surface area contributed by atoms with Crippen LogP contribution in [0.1, 0.15) is 93.6 Å². The van der Waals surface area contributed by atoms with Crippen molar-refractivity contribution in [3.8, 4) is 0 Å². The Morgan fingerprint density at radius 3 is 2.31 bits per heavy atom. The van der Waals surface area contributed by atoms with E-state index in [2.05, 4.69) is 15.4 Å². The number of benzene rings is 1. The summed E-state index contributed by atoms with van der Waals surface area (Å²) in [6, 6.07) is 0.295. The highest BCUT2D eigenvalue weighted by Gasteiger charge is 2.53. The van der Waals surface area contributed by atoms with Crippen LogP contribution in [0.5, 0.6) is 0 Å². The molecule has 2 atom stereocenters. The highest BCUT2D eigenvalue weighted by molar-refractivity contribution is 6.62. The maximum Gasteiger partial charge on any atom is 0.495 e. The monoisotopic (exact) mass is 765 g/mol. The number of alkyl halides is 5. The minimum atomic E-state index is -4.81. The highest BCUT2D eigenvalue weighted by Crippen LogP contribution is 2.38. The van der Waals surface area contributed by atoms with Crippen LogP contribution < -0.4 is 10.8 Å².